The Kier molecular flexibility index (Phi) is 5.35. The summed E-state index contributed by atoms with van der Waals surface area (Å²) in [6, 6.07) is 0. The molecule has 0 radical (unpaired) electrons. The molecule has 1 aromatic heterocycles. The van der Waals surface area contributed by atoms with Gasteiger partial charge in [0.2, 0.25) is 0 Å². The summed E-state index contributed by atoms with van der Waals surface area (Å²) in [5.41, 5.74) is 0. The van der Waals surface area contributed by atoms with Crippen LogP contribution in [0.5, 0.6) is 0 Å². The largest absolute Gasteiger partial charge is 0.337 e. The molecule has 2 heteroatoms. The maximum atomic E-state index is 4.04. The van der Waals surface area contributed by atoms with Gasteiger partial charge in [-0.3, -0.25) is 0 Å². The number of nitrogens with zero attached hydrogens (tertiary/aromatic N) is 2. The molecular weight excluding hydrogens is 172 g/mol. The third-order valence-corrected chi connectivity index (χ3v) is 2.86. The first-order valence-electron chi connectivity index (χ1n) is 5.82. The van der Waals surface area contributed by atoms with Crippen LogP contribution in [0.1, 0.15) is 46.0 Å². The number of rotatable bonds is 7. The first-order chi connectivity index (χ1) is 6.86. The summed E-state index contributed by atoms with van der Waals surface area (Å²) in [6.45, 7) is 5.70. The Hall–Kier alpha value is -0.790. The number of aromatic nitrogens is 2. The van der Waals surface area contributed by atoms with Crippen molar-refractivity contribution in [1.29, 1.82) is 0 Å². The minimum atomic E-state index is 0.934. The molecule has 0 N–H and O–H groups in total. The van der Waals surface area contributed by atoms with Crippen LogP contribution in [0.25, 0.3) is 0 Å². The van der Waals surface area contributed by atoms with Gasteiger partial charge in [0.25, 0.3) is 0 Å². The minimum absolute atomic E-state index is 0.934. The molecule has 0 saturated carbocycles. The topological polar surface area (TPSA) is 17.8 Å². The van der Waals surface area contributed by atoms with Gasteiger partial charge in [-0.15, -0.1) is 0 Å². The Labute approximate surface area is 87.4 Å². The van der Waals surface area contributed by atoms with Crippen LogP contribution in [0.15, 0.2) is 18.7 Å². The molecule has 14 heavy (non-hydrogen) atoms. The molecule has 0 aliphatic heterocycles. The van der Waals surface area contributed by atoms with E-state index >= 15 is 0 Å². The van der Waals surface area contributed by atoms with E-state index in [1.54, 1.807) is 0 Å². The van der Waals surface area contributed by atoms with Gasteiger partial charge in [-0.05, 0) is 18.8 Å². The first kappa shape index (κ1) is 11.3. The van der Waals surface area contributed by atoms with E-state index in [0.717, 1.165) is 12.5 Å². The van der Waals surface area contributed by atoms with Crippen LogP contribution in [-0.2, 0) is 6.54 Å². The summed E-state index contributed by atoms with van der Waals surface area (Å²) in [7, 11) is 0. The zero-order valence-corrected chi connectivity index (χ0v) is 9.45. The molecule has 80 valence electrons. The molecule has 1 aromatic rings. The molecule has 1 heterocycles. The van der Waals surface area contributed by atoms with Gasteiger partial charge in [-0.25, -0.2) is 4.98 Å². The Morgan fingerprint density at radius 3 is 2.71 bits per heavy atom. The van der Waals surface area contributed by atoms with Crippen LogP contribution in [0, 0.1) is 5.92 Å². The van der Waals surface area contributed by atoms with Crippen LogP contribution in [0.4, 0.5) is 0 Å². The molecule has 2 nitrogen and oxygen atoms in total. The number of hydrogen-bond donors (Lipinski definition) is 0. The fraction of sp³-hybridized carbons (Fsp3) is 0.750. The molecule has 1 atom stereocenters. The van der Waals surface area contributed by atoms with E-state index in [1.807, 2.05) is 18.7 Å². The number of aryl methyl sites for hydroxylation is 1. The van der Waals surface area contributed by atoms with Gasteiger partial charge in [0.1, 0.15) is 0 Å². The molecule has 0 aliphatic carbocycles. The lowest BCUT2D eigenvalue weighted by molar-refractivity contribution is 0.405. The van der Waals surface area contributed by atoms with Crippen molar-refractivity contribution in [1.82, 2.24) is 9.55 Å². The molecule has 1 unspecified atom stereocenters. The molecule has 0 aliphatic rings. The monoisotopic (exact) mass is 194 g/mol. The van der Waals surface area contributed by atoms with E-state index < -0.39 is 0 Å². The molecule has 0 saturated heterocycles. The minimum Gasteiger partial charge on any atom is -0.337 e. The number of imidazole rings is 1. The van der Waals surface area contributed by atoms with E-state index in [0.29, 0.717) is 0 Å². The quantitative estimate of drug-likeness (QED) is 0.649. The maximum Gasteiger partial charge on any atom is 0.0945 e. The fourth-order valence-corrected chi connectivity index (χ4v) is 1.94. The highest BCUT2D eigenvalue weighted by Gasteiger charge is 2.04. The van der Waals surface area contributed by atoms with Crippen molar-refractivity contribution in [3.05, 3.63) is 18.7 Å². The van der Waals surface area contributed by atoms with Crippen LogP contribution >= 0.6 is 0 Å². The smallest absolute Gasteiger partial charge is 0.0945 e. The van der Waals surface area contributed by atoms with E-state index in [2.05, 4.69) is 23.4 Å². The summed E-state index contributed by atoms with van der Waals surface area (Å²) < 4.78 is 2.17. The Morgan fingerprint density at radius 2 is 2.14 bits per heavy atom. The highest BCUT2D eigenvalue weighted by molar-refractivity contribution is 4.73. The van der Waals surface area contributed by atoms with Crippen LogP contribution < -0.4 is 0 Å². The van der Waals surface area contributed by atoms with Gasteiger partial charge in [0.05, 0.1) is 6.33 Å². The van der Waals surface area contributed by atoms with E-state index in [1.165, 1.54) is 32.1 Å². The van der Waals surface area contributed by atoms with Gasteiger partial charge < -0.3 is 4.57 Å². The lowest BCUT2D eigenvalue weighted by Crippen LogP contribution is -2.01. The van der Waals surface area contributed by atoms with E-state index in [-0.39, 0.29) is 0 Å². The average molecular weight is 194 g/mol. The second-order valence-electron chi connectivity index (χ2n) is 4.01. The Morgan fingerprint density at radius 1 is 1.29 bits per heavy atom. The first-order valence-corrected chi connectivity index (χ1v) is 5.82. The van der Waals surface area contributed by atoms with Crippen molar-refractivity contribution in [3.63, 3.8) is 0 Å². The van der Waals surface area contributed by atoms with Crippen molar-refractivity contribution in [2.24, 2.45) is 5.92 Å². The SMILES string of the molecule is CCCC(CC)CCCn1ccnc1. The lowest BCUT2D eigenvalue weighted by atomic mass is 9.95. The predicted molar refractivity (Wildman–Crippen MR) is 60.2 cm³/mol. The van der Waals surface area contributed by atoms with Crippen LogP contribution in [0.2, 0.25) is 0 Å². The summed E-state index contributed by atoms with van der Waals surface area (Å²) in [5.74, 6) is 0.934. The fourth-order valence-electron chi connectivity index (χ4n) is 1.94. The Bertz CT molecular complexity index is 216. The lowest BCUT2D eigenvalue weighted by Gasteiger charge is -2.13. The zero-order chi connectivity index (χ0) is 10.2. The number of hydrogen-bond acceptors (Lipinski definition) is 1. The van der Waals surface area contributed by atoms with E-state index in [4.69, 9.17) is 0 Å². The summed E-state index contributed by atoms with van der Waals surface area (Å²) in [6.07, 6.45) is 12.5. The van der Waals surface area contributed by atoms with Crippen molar-refractivity contribution >= 4 is 0 Å². The third kappa shape index (κ3) is 3.95. The predicted octanol–water partition coefficient (Wildman–Crippen LogP) is 3.49. The molecule has 0 aromatic carbocycles. The average Bonchev–Trinajstić information content (AvgIpc) is 2.69. The molecular formula is C12H22N2. The van der Waals surface area contributed by atoms with E-state index in [9.17, 15) is 0 Å². The Balaban J connectivity index is 2.13. The maximum absolute atomic E-state index is 4.04. The third-order valence-electron chi connectivity index (χ3n) is 2.86. The van der Waals surface area contributed by atoms with Crippen LogP contribution in [0.3, 0.4) is 0 Å². The summed E-state index contributed by atoms with van der Waals surface area (Å²) in [4.78, 5) is 4.04. The second-order valence-corrected chi connectivity index (χ2v) is 4.01. The second kappa shape index (κ2) is 6.63. The van der Waals surface area contributed by atoms with Crippen molar-refractivity contribution in [2.45, 2.75) is 52.5 Å². The molecule has 0 fully saturated rings. The van der Waals surface area contributed by atoms with Gasteiger partial charge in [-0.1, -0.05) is 33.1 Å². The molecule has 0 bridgehead atoms. The zero-order valence-electron chi connectivity index (χ0n) is 9.45. The van der Waals surface area contributed by atoms with Gasteiger partial charge in [0.15, 0.2) is 0 Å². The van der Waals surface area contributed by atoms with Crippen molar-refractivity contribution in [3.8, 4) is 0 Å². The van der Waals surface area contributed by atoms with Crippen LogP contribution in [-0.4, -0.2) is 9.55 Å². The van der Waals surface area contributed by atoms with Gasteiger partial charge in [-0.2, -0.15) is 0 Å². The van der Waals surface area contributed by atoms with Gasteiger partial charge >= 0.3 is 0 Å². The van der Waals surface area contributed by atoms with Crippen molar-refractivity contribution < 1.29 is 0 Å². The molecule has 1 rings (SSSR count). The molecule has 0 amide bonds. The highest BCUT2D eigenvalue weighted by atomic mass is 15.0. The summed E-state index contributed by atoms with van der Waals surface area (Å²) in [5, 5.41) is 0. The van der Waals surface area contributed by atoms with Crippen molar-refractivity contribution in [2.75, 3.05) is 0 Å². The van der Waals surface area contributed by atoms with Gasteiger partial charge in [0, 0.05) is 18.9 Å². The summed E-state index contributed by atoms with van der Waals surface area (Å²) >= 11 is 0. The highest BCUT2D eigenvalue weighted by Crippen LogP contribution is 2.17. The standard InChI is InChI=1S/C12H22N2/c1-3-6-12(4-2)7-5-9-14-10-8-13-11-14/h8,10-12H,3-7,9H2,1-2H3. The normalized spacial score (nSPS) is 13.0. The molecule has 0 spiro atoms.